The van der Waals surface area contributed by atoms with Crippen molar-refractivity contribution in [1.29, 1.82) is 0 Å². The third-order valence-corrected chi connectivity index (χ3v) is 2.27. The Bertz CT molecular complexity index is 214. The van der Waals surface area contributed by atoms with Gasteiger partial charge in [0.15, 0.2) is 0 Å². The normalized spacial score (nSPS) is 10.4. The molecule has 1 rings (SSSR count). The van der Waals surface area contributed by atoms with Gasteiger partial charge < -0.3 is 10.2 Å². The van der Waals surface area contributed by atoms with Crippen LogP contribution in [0.15, 0.2) is 24.3 Å². The minimum Gasteiger partial charge on any atom is -0.396 e. The second-order valence-electron chi connectivity index (χ2n) is 3.47. The summed E-state index contributed by atoms with van der Waals surface area (Å²) >= 11 is 0. The SMILES string of the molecule is OCCCc1ccc(CCCO)cc1. The van der Waals surface area contributed by atoms with E-state index in [0.29, 0.717) is 0 Å². The van der Waals surface area contributed by atoms with Crippen molar-refractivity contribution in [3.8, 4) is 0 Å². The van der Waals surface area contributed by atoms with Crippen LogP contribution < -0.4 is 0 Å². The lowest BCUT2D eigenvalue weighted by Crippen LogP contribution is -1.92. The van der Waals surface area contributed by atoms with Crippen LogP contribution in [0, 0.1) is 0 Å². The Balaban J connectivity index is 2.42. The minimum atomic E-state index is 0.256. The van der Waals surface area contributed by atoms with Crippen LogP contribution in [-0.4, -0.2) is 23.4 Å². The number of hydrogen-bond acceptors (Lipinski definition) is 2. The zero-order chi connectivity index (χ0) is 10.2. The zero-order valence-corrected chi connectivity index (χ0v) is 8.45. The van der Waals surface area contributed by atoms with Gasteiger partial charge in [0.25, 0.3) is 0 Å². The van der Waals surface area contributed by atoms with E-state index in [0.717, 1.165) is 25.7 Å². The fourth-order valence-corrected chi connectivity index (χ4v) is 1.44. The van der Waals surface area contributed by atoms with Crippen molar-refractivity contribution in [3.63, 3.8) is 0 Å². The lowest BCUT2D eigenvalue weighted by Gasteiger charge is -2.02. The Morgan fingerprint density at radius 1 is 0.714 bits per heavy atom. The summed E-state index contributed by atoms with van der Waals surface area (Å²) in [4.78, 5) is 0. The Labute approximate surface area is 85.2 Å². The van der Waals surface area contributed by atoms with Gasteiger partial charge in [-0.05, 0) is 36.8 Å². The number of aliphatic hydroxyl groups is 2. The molecule has 0 aliphatic heterocycles. The minimum absolute atomic E-state index is 0.256. The first-order chi connectivity index (χ1) is 6.86. The van der Waals surface area contributed by atoms with Gasteiger partial charge in [-0.15, -0.1) is 0 Å². The second kappa shape index (κ2) is 6.57. The summed E-state index contributed by atoms with van der Waals surface area (Å²) in [5, 5.41) is 17.3. The highest BCUT2D eigenvalue weighted by molar-refractivity contribution is 5.22. The van der Waals surface area contributed by atoms with Crippen molar-refractivity contribution in [2.75, 3.05) is 13.2 Å². The first-order valence-corrected chi connectivity index (χ1v) is 5.16. The second-order valence-corrected chi connectivity index (χ2v) is 3.47. The zero-order valence-electron chi connectivity index (χ0n) is 8.45. The monoisotopic (exact) mass is 194 g/mol. The maximum absolute atomic E-state index is 8.67. The molecule has 0 atom stereocenters. The quantitative estimate of drug-likeness (QED) is 0.721. The molecule has 2 N–H and O–H groups in total. The molecule has 0 radical (unpaired) electrons. The van der Waals surface area contributed by atoms with E-state index < -0.39 is 0 Å². The van der Waals surface area contributed by atoms with E-state index >= 15 is 0 Å². The molecule has 0 heterocycles. The van der Waals surface area contributed by atoms with Gasteiger partial charge >= 0.3 is 0 Å². The third kappa shape index (κ3) is 3.90. The van der Waals surface area contributed by atoms with Gasteiger partial charge in [-0.1, -0.05) is 24.3 Å². The summed E-state index contributed by atoms with van der Waals surface area (Å²) in [5.41, 5.74) is 2.54. The predicted octanol–water partition coefficient (Wildman–Crippen LogP) is 1.54. The van der Waals surface area contributed by atoms with Crippen LogP contribution in [0.4, 0.5) is 0 Å². The van der Waals surface area contributed by atoms with Gasteiger partial charge in [0.05, 0.1) is 0 Å². The van der Waals surface area contributed by atoms with E-state index in [2.05, 4.69) is 24.3 Å². The summed E-state index contributed by atoms with van der Waals surface area (Å²) in [6.07, 6.45) is 3.54. The molecule has 0 aliphatic carbocycles. The van der Waals surface area contributed by atoms with Gasteiger partial charge in [0, 0.05) is 13.2 Å². The van der Waals surface area contributed by atoms with Crippen molar-refractivity contribution in [1.82, 2.24) is 0 Å². The summed E-state index contributed by atoms with van der Waals surface area (Å²) in [6.45, 7) is 0.512. The van der Waals surface area contributed by atoms with E-state index in [1.165, 1.54) is 11.1 Å². The summed E-state index contributed by atoms with van der Waals surface area (Å²) < 4.78 is 0. The molecular weight excluding hydrogens is 176 g/mol. The van der Waals surface area contributed by atoms with E-state index in [9.17, 15) is 0 Å². The highest BCUT2D eigenvalue weighted by atomic mass is 16.3. The van der Waals surface area contributed by atoms with Crippen molar-refractivity contribution in [2.45, 2.75) is 25.7 Å². The standard InChI is InChI=1S/C12H18O2/c13-9-1-3-11-5-7-12(8-6-11)4-2-10-14/h5-8,13-14H,1-4,9-10H2. The molecule has 0 fully saturated rings. The highest BCUT2D eigenvalue weighted by Crippen LogP contribution is 2.08. The summed E-state index contributed by atoms with van der Waals surface area (Å²) in [6, 6.07) is 8.40. The lowest BCUT2D eigenvalue weighted by molar-refractivity contribution is 0.288. The van der Waals surface area contributed by atoms with Crippen molar-refractivity contribution >= 4 is 0 Å². The van der Waals surface area contributed by atoms with Gasteiger partial charge in [-0.25, -0.2) is 0 Å². The molecule has 0 saturated heterocycles. The molecule has 14 heavy (non-hydrogen) atoms. The molecule has 78 valence electrons. The van der Waals surface area contributed by atoms with Crippen LogP contribution in [0.5, 0.6) is 0 Å². The fourth-order valence-electron chi connectivity index (χ4n) is 1.44. The van der Waals surface area contributed by atoms with Crippen LogP contribution in [0.2, 0.25) is 0 Å². The molecule has 0 saturated carbocycles. The average Bonchev–Trinajstić information content (AvgIpc) is 2.25. The smallest absolute Gasteiger partial charge is 0.0434 e. The molecule has 0 spiro atoms. The van der Waals surface area contributed by atoms with Crippen molar-refractivity contribution < 1.29 is 10.2 Å². The van der Waals surface area contributed by atoms with E-state index in [1.807, 2.05) is 0 Å². The van der Waals surface area contributed by atoms with Gasteiger partial charge in [0.1, 0.15) is 0 Å². The van der Waals surface area contributed by atoms with Crippen LogP contribution >= 0.6 is 0 Å². The number of aryl methyl sites for hydroxylation is 2. The number of rotatable bonds is 6. The first kappa shape index (κ1) is 11.2. The lowest BCUT2D eigenvalue weighted by atomic mass is 10.0. The molecule has 0 bridgehead atoms. The van der Waals surface area contributed by atoms with Crippen molar-refractivity contribution in [2.24, 2.45) is 0 Å². The highest BCUT2D eigenvalue weighted by Gasteiger charge is 1.94. The number of aliphatic hydroxyl groups excluding tert-OH is 2. The molecule has 0 aromatic heterocycles. The number of benzene rings is 1. The third-order valence-electron chi connectivity index (χ3n) is 2.27. The molecule has 1 aromatic rings. The average molecular weight is 194 g/mol. The maximum Gasteiger partial charge on any atom is 0.0434 e. The Kier molecular flexibility index (Phi) is 5.27. The van der Waals surface area contributed by atoms with E-state index in [-0.39, 0.29) is 13.2 Å². The van der Waals surface area contributed by atoms with Crippen LogP contribution in [-0.2, 0) is 12.8 Å². The van der Waals surface area contributed by atoms with Crippen LogP contribution in [0.25, 0.3) is 0 Å². The molecule has 0 aliphatic rings. The topological polar surface area (TPSA) is 40.5 Å². The number of hydrogen-bond donors (Lipinski definition) is 2. The largest absolute Gasteiger partial charge is 0.396 e. The molecule has 2 nitrogen and oxygen atoms in total. The van der Waals surface area contributed by atoms with E-state index in [4.69, 9.17) is 10.2 Å². The molecule has 0 amide bonds. The molecular formula is C12H18O2. The molecule has 0 unspecified atom stereocenters. The summed E-state index contributed by atoms with van der Waals surface area (Å²) in [5.74, 6) is 0. The van der Waals surface area contributed by atoms with Gasteiger partial charge in [-0.2, -0.15) is 0 Å². The van der Waals surface area contributed by atoms with Crippen LogP contribution in [0.1, 0.15) is 24.0 Å². The Hall–Kier alpha value is -0.860. The fraction of sp³-hybridized carbons (Fsp3) is 0.500. The molecule has 1 aromatic carbocycles. The Morgan fingerprint density at radius 3 is 1.36 bits per heavy atom. The van der Waals surface area contributed by atoms with Gasteiger partial charge in [-0.3, -0.25) is 0 Å². The Morgan fingerprint density at radius 2 is 1.07 bits per heavy atom. The summed E-state index contributed by atoms with van der Waals surface area (Å²) in [7, 11) is 0. The first-order valence-electron chi connectivity index (χ1n) is 5.16. The predicted molar refractivity (Wildman–Crippen MR) is 57.3 cm³/mol. The van der Waals surface area contributed by atoms with E-state index in [1.54, 1.807) is 0 Å². The van der Waals surface area contributed by atoms with Crippen molar-refractivity contribution in [3.05, 3.63) is 35.4 Å². The molecule has 2 heteroatoms. The maximum atomic E-state index is 8.67. The van der Waals surface area contributed by atoms with Gasteiger partial charge in [0.2, 0.25) is 0 Å². The van der Waals surface area contributed by atoms with Crippen LogP contribution in [0.3, 0.4) is 0 Å².